The molecule has 1 aromatic heterocycles. The van der Waals surface area contributed by atoms with Gasteiger partial charge in [0, 0.05) is 12.7 Å². The zero-order valence-electron chi connectivity index (χ0n) is 11.3. The first kappa shape index (κ1) is 13.0. The highest BCUT2D eigenvalue weighted by atomic mass is 15.2. The van der Waals surface area contributed by atoms with Crippen LogP contribution in [0.5, 0.6) is 0 Å². The Morgan fingerprint density at radius 3 is 2.42 bits per heavy atom. The van der Waals surface area contributed by atoms with E-state index in [9.17, 15) is 0 Å². The Hall–Kier alpha value is -2.43. The lowest BCUT2D eigenvalue weighted by atomic mass is 10.1. The van der Waals surface area contributed by atoms with Gasteiger partial charge in [-0.3, -0.25) is 5.41 Å². The lowest BCUT2D eigenvalue weighted by Gasteiger charge is -2.21. The van der Waals surface area contributed by atoms with Crippen LogP contribution in [0.25, 0.3) is 0 Å². The summed E-state index contributed by atoms with van der Waals surface area (Å²) in [5.74, 6) is 0.570. The van der Waals surface area contributed by atoms with Gasteiger partial charge in [-0.25, -0.2) is 0 Å². The smallest absolute Gasteiger partial charge is 0.166 e. The Bertz CT molecular complexity index is 601. The molecule has 0 unspecified atom stereocenters. The molecule has 0 saturated heterocycles. The van der Waals surface area contributed by atoms with Crippen LogP contribution in [-0.4, -0.2) is 23.1 Å². The molecule has 0 amide bonds. The fourth-order valence-corrected chi connectivity index (χ4v) is 2.05. The summed E-state index contributed by atoms with van der Waals surface area (Å²) in [5.41, 5.74) is 9.51. The number of hydrogen-bond donors (Lipinski definition) is 2. The van der Waals surface area contributed by atoms with Crippen LogP contribution in [0.1, 0.15) is 16.7 Å². The van der Waals surface area contributed by atoms with E-state index >= 15 is 0 Å². The Balaban J connectivity index is 2.49. The van der Waals surface area contributed by atoms with Crippen molar-refractivity contribution in [1.29, 1.82) is 5.41 Å². The molecule has 1 heterocycles. The predicted octanol–water partition coefficient (Wildman–Crippen LogP) is 2.15. The zero-order valence-corrected chi connectivity index (χ0v) is 11.3. The molecule has 0 saturated carbocycles. The summed E-state index contributed by atoms with van der Waals surface area (Å²) in [7, 11) is 1.89. The van der Waals surface area contributed by atoms with E-state index in [-0.39, 0.29) is 5.84 Å². The van der Waals surface area contributed by atoms with Gasteiger partial charge in [-0.2, -0.15) is 5.10 Å². The van der Waals surface area contributed by atoms with Crippen LogP contribution in [0, 0.1) is 19.3 Å². The van der Waals surface area contributed by atoms with Crippen molar-refractivity contribution in [3.05, 3.63) is 47.2 Å². The fraction of sp³-hybridized carbons (Fsp3) is 0.214. The maximum atomic E-state index is 7.60. The van der Waals surface area contributed by atoms with E-state index in [4.69, 9.17) is 11.1 Å². The van der Waals surface area contributed by atoms with Gasteiger partial charge in [0.2, 0.25) is 0 Å². The Morgan fingerprint density at radius 1 is 1.21 bits per heavy atom. The monoisotopic (exact) mass is 255 g/mol. The van der Waals surface area contributed by atoms with Crippen molar-refractivity contribution >= 4 is 17.3 Å². The molecular formula is C14H17N5. The highest BCUT2D eigenvalue weighted by Crippen LogP contribution is 2.25. The molecule has 2 rings (SSSR count). The van der Waals surface area contributed by atoms with E-state index in [0.29, 0.717) is 11.4 Å². The van der Waals surface area contributed by atoms with E-state index in [0.717, 1.165) is 5.69 Å². The standard InChI is InChI=1S/C14H17N5/c1-9-6-10(2)8-11(7-9)19(3)14-12(13(15)16)4-5-17-18-14/h4-8H,1-3H3,(H3,15,16). The van der Waals surface area contributed by atoms with Crippen molar-refractivity contribution in [3.8, 4) is 0 Å². The molecule has 2 aromatic rings. The summed E-state index contributed by atoms with van der Waals surface area (Å²) in [4.78, 5) is 1.89. The van der Waals surface area contributed by atoms with Crippen LogP contribution in [-0.2, 0) is 0 Å². The zero-order chi connectivity index (χ0) is 14.0. The number of amidine groups is 1. The summed E-state index contributed by atoms with van der Waals surface area (Å²) in [5, 5.41) is 15.6. The van der Waals surface area contributed by atoms with E-state index < -0.39 is 0 Å². The molecule has 0 aliphatic heterocycles. The lowest BCUT2D eigenvalue weighted by molar-refractivity contribution is 0.980. The van der Waals surface area contributed by atoms with Crippen LogP contribution in [0.4, 0.5) is 11.5 Å². The van der Waals surface area contributed by atoms with Gasteiger partial charge in [0.05, 0.1) is 11.8 Å². The molecule has 0 aliphatic rings. The molecule has 19 heavy (non-hydrogen) atoms. The number of anilines is 2. The molecule has 5 heteroatoms. The van der Waals surface area contributed by atoms with Gasteiger partial charge in [0.1, 0.15) is 5.84 Å². The summed E-state index contributed by atoms with van der Waals surface area (Å²) < 4.78 is 0. The first-order valence-corrected chi connectivity index (χ1v) is 5.97. The second-order valence-electron chi connectivity index (χ2n) is 4.59. The number of benzene rings is 1. The van der Waals surface area contributed by atoms with Gasteiger partial charge < -0.3 is 10.6 Å². The third kappa shape index (κ3) is 2.70. The largest absolute Gasteiger partial charge is 0.384 e. The highest BCUT2D eigenvalue weighted by Gasteiger charge is 2.13. The predicted molar refractivity (Wildman–Crippen MR) is 77.0 cm³/mol. The quantitative estimate of drug-likeness (QED) is 0.650. The lowest BCUT2D eigenvalue weighted by Crippen LogP contribution is -2.20. The molecule has 0 aliphatic carbocycles. The molecule has 5 nitrogen and oxygen atoms in total. The van der Waals surface area contributed by atoms with Crippen LogP contribution in [0.3, 0.4) is 0 Å². The topological polar surface area (TPSA) is 78.9 Å². The Labute approximate surface area is 112 Å². The fourth-order valence-electron chi connectivity index (χ4n) is 2.05. The van der Waals surface area contributed by atoms with Gasteiger partial charge in [0.25, 0.3) is 0 Å². The van der Waals surface area contributed by atoms with Gasteiger partial charge in [0.15, 0.2) is 5.82 Å². The van der Waals surface area contributed by atoms with Crippen LogP contribution in [0.15, 0.2) is 30.5 Å². The number of hydrogen-bond acceptors (Lipinski definition) is 4. The van der Waals surface area contributed by atoms with Crippen molar-refractivity contribution in [3.63, 3.8) is 0 Å². The summed E-state index contributed by atoms with van der Waals surface area (Å²) in [6, 6.07) is 7.93. The maximum Gasteiger partial charge on any atom is 0.166 e. The molecule has 3 N–H and O–H groups in total. The Kier molecular flexibility index (Phi) is 3.46. The molecule has 0 radical (unpaired) electrons. The third-order valence-electron chi connectivity index (χ3n) is 2.90. The van der Waals surface area contributed by atoms with Crippen LogP contribution in [0.2, 0.25) is 0 Å². The first-order valence-electron chi connectivity index (χ1n) is 5.97. The van der Waals surface area contributed by atoms with Crippen molar-refractivity contribution in [1.82, 2.24) is 10.2 Å². The van der Waals surface area contributed by atoms with Gasteiger partial charge in [-0.1, -0.05) is 6.07 Å². The number of nitrogens with zero attached hydrogens (tertiary/aromatic N) is 3. The van der Waals surface area contributed by atoms with Crippen molar-refractivity contribution in [2.45, 2.75) is 13.8 Å². The molecular weight excluding hydrogens is 238 g/mol. The molecule has 0 atom stereocenters. The van der Waals surface area contributed by atoms with E-state index in [1.165, 1.54) is 17.3 Å². The number of aryl methyl sites for hydroxylation is 2. The normalized spacial score (nSPS) is 10.3. The Morgan fingerprint density at radius 2 is 1.84 bits per heavy atom. The van der Waals surface area contributed by atoms with E-state index in [2.05, 4.69) is 28.4 Å². The van der Waals surface area contributed by atoms with Gasteiger partial charge in [-0.05, 0) is 43.2 Å². The summed E-state index contributed by atoms with van der Waals surface area (Å²) in [6.45, 7) is 4.10. The average Bonchev–Trinajstić information content (AvgIpc) is 2.36. The summed E-state index contributed by atoms with van der Waals surface area (Å²) >= 11 is 0. The number of rotatable bonds is 3. The number of nitrogen functional groups attached to an aromatic ring is 1. The van der Waals surface area contributed by atoms with Crippen LogP contribution < -0.4 is 10.6 Å². The third-order valence-corrected chi connectivity index (χ3v) is 2.90. The second-order valence-corrected chi connectivity index (χ2v) is 4.59. The minimum atomic E-state index is -0.0128. The highest BCUT2D eigenvalue weighted by molar-refractivity contribution is 6.00. The van der Waals surface area contributed by atoms with E-state index in [1.54, 1.807) is 6.07 Å². The molecule has 0 bridgehead atoms. The van der Waals surface area contributed by atoms with E-state index in [1.807, 2.05) is 25.8 Å². The minimum absolute atomic E-state index is 0.0128. The minimum Gasteiger partial charge on any atom is -0.384 e. The van der Waals surface area contributed by atoms with Gasteiger partial charge >= 0.3 is 0 Å². The number of nitrogens with one attached hydrogen (secondary N) is 1. The number of nitrogens with two attached hydrogens (primary N) is 1. The van der Waals surface area contributed by atoms with Crippen molar-refractivity contribution in [2.24, 2.45) is 5.73 Å². The van der Waals surface area contributed by atoms with Crippen LogP contribution >= 0.6 is 0 Å². The van der Waals surface area contributed by atoms with Crippen molar-refractivity contribution < 1.29 is 0 Å². The average molecular weight is 255 g/mol. The molecule has 0 fully saturated rings. The molecule has 0 spiro atoms. The first-order chi connectivity index (χ1) is 8.99. The summed E-state index contributed by atoms with van der Waals surface area (Å²) in [6.07, 6.45) is 1.54. The number of aromatic nitrogens is 2. The molecule has 98 valence electrons. The second kappa shape index (κ2) is 5.06. The van der Waals surface area contributed by atoms with Crippen molar-refractivity contribution in [2.75, 3.05) is 11.9 Å². The molecule has 1 aromatic carbocycles. The van der Waals surface area contributed by atoms with Gasteiger partial charge in [-0.15, -0.1) is 5.10 Å². The SMILES string of the molecule is Cc1cc(C)cc(N(C)c2nnccc2C(=N)N)c1. The maximum absolute atomic E-state index is 7.60.